The molecule has 0 aliphatic carbocycles. The van der Waals surface area contributed by atoms with E-state index in [1.165, 1.54) is 44.6 Å². The van der Waals surface area contributed by atoms with Crippen molar-refractivity contribution < 1.29 is 19.8 Å². The van der Waals surface area contributed by atoms with Gasteiger partial charge >= 0.3 is 5.97 Å². The number of phenols is 1. The molecule has 152 valence electrons. The molecule has 5 heteroatoms. The summed E-state index contributed by atoms with van der Waals surface area (Å²) in [6.45, 7) is 2.22. The number of rotatable bonds is 15. The molecule has 0 aliphatic rings. The van der Waals surface area contributed by atoms with Gasteiger partial charge in [0.15, 0.2) is 5.78 Å². The minimum atomic E-state index is -0.937. The van der Waals surface area contributed by atoms with Crippen LogP contribution in [0.25, 0.3) is 0 Å². The van der Waals surface area contributed by atoms with Crippen LogP contribution >= 0.6 is 0 Å². The number of benzene rings is 1. The SMILES string of the molecule is CCCCCCCCCCCC(=O)c1cc(C[C@H](NC)C(=O)O)ccc1O. The summed E-state index contributed by atoms with van der Waals surface area (Å²) in [7, 11) is 1.59. The van der Waals surface area contributed by atoms with E-state index < -0.39 is 12.0 Å². The average molecular weight is 378 g/mol. The van der Waals surface area contributed by atoms with Crippen molar-refractivity contribution in [2.75, 3.05) is 7.05 Å². The van der Waals surface area contributed by atoms with Crippen LogP contribution in [0.4, 0.5) is 0 Å². The largest absolute Gasteiger partial charge is 0.507 e. The highest BCUT2D eigenvalue weighted by Crippen LogP contribution is 2.22. The smallest absolute Gasteiger partial charge is 0.321 e. The Kier molecular flexibility index (Phi) is 11.4. The van der Waals surface area contributed by atoms with Gasteiger partial charge in [-0.3, -0.25) is 9.59 Å². The van der Waals surface area contributed by atoms with Crippen molar-refractivity contribution in [1.82, 2.24) is 5.32 Å². The van der Waals surface area contributed by atoms with E-state index in [-0.39, 0.29) is 18.0 Å². The van der Waals surface area contributed by atoms with Crippen LogP contribution in [0.1, 0.15) is 87.1 Å². The lowest BCUT2D eigenvalue weighted by Crippen LogP contribution is -2.35. The zero-order chi connectivity index (χ0) is 20.1. The first-order chi connectivity index (χ1) is 13.0. The third-order valence-corrected chi connectivity index (χ3v) is 4.96. The lowest BCUT2D eigenvalue weighted by molar-refractivity contribution is -0.139. The van der Waals surface area contributed by atoms with Crippen LogP contribution in [0, 0.1) is 0 Å². The van der Waals surface area contributed by atoms with Gasteiger partial charge in [0.2, 0.25) is 0 Å². The monoisotopic (exact) mass is 377 g/mol. The third kappa shape index (κ3) is 9.05. The summed E-state index contributed by atoms with van der Waals surface area (Å²) in [5.41, 5.74) is 1.03. The number of phenolic OH excluding ortho intramolecular Hbond substituents is 1. The van der Waals surface area contributed by atoms with Gasteiger partial charge in [-0.05, 0) is 37.6 Å². The Labute approximate surface area is 163 Å². The molecule has 0 aliphatic heterocycles. The van der Waals surface area contributed by atoms with Crippen molar-refractivity contribution in [2.24, 2.45) is 0 Å². The predicted molar refractivity (Wildman–Crippen MR) is 108 cm³/mol. The Hall–Kier alpha value is -1.88. The van der Waals surface area contributed by atoms with Crippen molar-refractivity contribution in [3.05, 3.63) is 29.3 Å². The van der Waals surface area contributed by atoms with Gasteiger partial charge in [0.25, 0.3) is 0 Å². The fourth-order valence-corrected chi connectivity index (χ4v) is 3.21. The Morgan fingerprint density at radius 3 is 2.15 bits per heavy atom. The molecular weight excluding hydrogens is 342 g/mol. The Morgan fingerprint density at radius 1 is 1.00 bits per heavy atom. The molecule has 0 amide bonds. The van der Waals surface area contributed by atoms with Gasteiger partial charge in [0.1, 0.15) is 11.8 Å². The van der Waals surface area contributed by atoms with Gasteiger partial charge in [-0.25, -0.2) is 0 Å². The zero-order valence-corrected chi connectivity index (χ0v) is 16.8. The van der Waals surface area contributed by atoms with Crippen molar-refractivity contribution in [3.63, 3.8) is 0 Å². The van der Waals surface area contributed by atoms with E-state index in [9.17, 15) is 14.7 Å². The second kappa shape index (κ2) is 13.3. The maximum absolute atomic E-state index is 12.4. The molecule has 1 rings (SSSR count). The molecule has 27 heavy (non-hydrogen) atoms. The maximum Gasteiger partial charge on any atom is 0.321 e. The molecule has 0 saturated heterocycles. The fraction of sp³-hybridized carbons (Fsp3) is 0.636. The van der Waals surface area contributed by atoms with Crippen LogP contribution in [0.2, 0.25) is 0 Å². The van der Waals surface area contributed by atoms with Gasteiger partial charge in [-0.15, -0.1) is 0 Å². The van der Waals surface area contributed by atoms with E-state index in [1.54, 1.807) is 19.2 Å². The third-order valence-electron chi connectivity index (χ3n) is 4.96. The number of aliphatic carboxylic acids is 1. The molecule has 3 N–H and O–H groups in total. The number of carboxylic acids is 1. The van der Waals surface area contributed by atoms with Gasteiger partial charge in [0, 0.05) is 6.42 Å². The van der Waals surface area contributed by atoms with E-state index in [4.69, 9.17) is 5.11 Å². The van der Waals surface area contributed by atoms with Crippen LogP contribution in [-0.2, 0) is 11.2 Å². The number of ketones is 1. The van der Waals surface area contributed by atoms with Crippen molar-refractivity contribution in [2.45, 2.75) is 83.6 Å². The molecule has 1 atom stereocenters. The summed E-state index contributed by atoms with van der Waals surface area (Å²) in [6, 6.07) is 4.05. The minimum absolute atomic E-state index is 0.0315. The van der Waals surface area contributed by atoms with Crippen molar-refractivity contribution >= 4 is 11.8 Å². The molecule has 0 aromatic heterocycles. The topological polar surface area (TPSA) is 86.6 Å². The first kappa shape index (κ1) is 23.2. The standard InChI is InChI=1S/C22H35NO4/c1-3-4-5-6-7-8-9-10-11-12-20(24)18-15-17(13-14-21(18)25)16-19(23-2)22(26)27/h13-15,19,23,25H,3-12,16H2,1-2H3,(H,26,27)/t19-/m0/s1. The molecule has 0 heterocycles. The van der Waals surface area contributed by atoms with E-state index >= 15 is 0 Å². The molecule has 1 aromatic carbocycles. The van der Waals surface area contributed by atoms with Gasteiger partial charge in [-0.2, -0.15) is 0 Å². The maximum atomic E-state index is 12.4. The summed E-state index contributed by atoms with van der Waals surface area (Å²) < 4.78 is 0. The Bertz CT molecular complexity index is 586. The van der Waals surface area contributed by atoms with E-state index in [2.05, 4.69) is 12.2 Å². The fourth-order valence-electron chi connectivity index (χ4n) is 3.21. The molecule has 5 nitrogen and oxygen atoms in total. The zero-order valence-electron chi connectivity index (χ0n) is 16.8. The summed E-state index contributed by atoms with van der Waals surface area (Å²) in [6.07, 6.45) is 11.4. The van der Waals surface area contributed by atoms with Gasteiger partial charge < -0.3 is 15.5 Å². The minimum Gasteiger partial charge on any atom is -0.507 e. The van der Waals surface area contributed by atoms with Gasteiger partial charge in [0.05, 0.1) is 5.56 Å². The number of likely N-dealkylation sites (N-methyl/N-ethyl adjacent to an activating group) is 1. The molecule has 0 unspecified atom stereocenters. The number of carbonyl (C=O) groups is 2. The van der Waals surface area contributed by atoms with Crippen LogP contribution < -0.4 is 5.32 Å². The van der Waals surface area contributed by atoms with Crippen LogP contribution in [0.5, 0.6) is 5.75 Å². The highest BCUT2D eigenvalue weighted by Gasteiger charge is 2.17. The normalized spacial score (nSPS) is 12.1. The van der Waals surface area contributed by atoms with Crippen LogP contribution in [0.15, 0.2) is 18.2 Å². The number of hydrogen-bond donors (Lipinski definition) is 3. The number of unbranched alkanes of at least 4 members (excludes halogenated alkanes) is 8. The Morgan fingerprint density at radius 2 is 1.59 bits per heavy atom. The number of Topliss-reactive ketones (excluding diaryl/α,β-unsaturated/α-hetero) is 1. The number of hydrogen-bond acceptors (Lipinski definition) is 4. The lowest BCUT2D eigenvalue weighted by atomic mass is 9.98. The first-order valence-electron chi connectivity index (χ1n) is 10.2. The highest BCUT2D eigenvalue weighted by atomic mass is 16.4. The van der Waals surface area contributed by atoms with Crippen molar-refractivity contribution in [1.29, 1.82) is 0 Å². The lowest BCUT2D eigenvalue weighted by Gasteiger charge is -2.12. The summed E-state index contributed by atoms with van der Waals surface area (Å²) in [4.78, 5) is 23.6. The average Bonchev–Trinajstić information content (AvgIpc) is 2.65. The van der Waals surface area contributed by atoms with E-state index in [1.807, 2.05) is 0 Å². The molecule has 0 spiro atoms. The summed E-state index contributed by atoms with van der Waals surface area (Å²) >= 11 is 0. The Balaban J connectivity index is 2.41. The molecule has 0 radical (unpaired) electrons. The number of carbonyl (C=O) groups excluding carboxylic acids is 1. The van der Waals surface area contributed by atoms with Crippen LogP contribution in [0.3, 0.4) is 0 Å². The quantitative estimate of drug-likeness (QED) is 0.304. The molecule has 1 aromatic rings. The van der Waals surface area contributed by atoms with E-state index in [0.717, 1.165) is 24.8 Å². The second-order valence-electron chi connectivity index (χ2n) is 7.24. The highest BCUT2D eigenvalue weighted by molar-refractivity contribution is 5.98. The molecule has 0 fully saturated rings. The van der Waals surface area contributed by atoms with Gasteiger partial charge in [-0.1, -0.05) is 64.4 Å². The molecule has 0 saturated carbocycles. The first-order valence-corrected chi connectivity index (χ1v) is 10.2. The summed E-state index contributed by atoms with van der Waals surface area (Å²) in [5.74, 6) is -1.04. The molecule has 0 bridgehead atoms. The number of carboxylic acid groups (broad SMARTS) is 1. The molecular formula is C22H35NO4. The predicted octanol–water partition coefficient (Wildman–Crippen LogP) is 4.71. The summed E-state index contributed by atoms with van der Waals surface area (Å²) in [5, 5.41) is 21.9. The van der Waals surface area contributed by atoms with E-state index in [0.29, 0.717) is 12.0 Å². The van der Waals surface area contributed by atoms with Crippen LogP contribution in [-0.4, -0.2) is 35.1 Å². The number of nitrogens with one attached hydrogen (secondary N) is 1. The number of aromatic hydroxyl groups is 1. The van der Waals surface area contributed by atoms with Crippen molar-refractivity contribution in [3.8, 4) is 5.75 Å². The second-order valence-corrected chi connectivity index (χ2v) is 7.24.